The van der Waals surface area contributed by atoms with E-state index in [1.54, 1.807) is 18.1 Å². The molecule has 0 saturated heterocycles. The number of carbonyl (C=O) groups excluding carboxylic acids is 2. The lowest BCUT2D eigenvalue weighted by Gasteiger charge is -2.39. The summed E-state index contributed by atoms with van der Waals surface area (Å²) in [6.45, 7) is 0.0116. The minimum absolute atomic E-state index is 0.0116. The maximum absolute atomic E-state index is 14.2. The molecule has 6 rings (SSSR count). The van der Waals surface area contributed by atoms with E-state index in [9.17, 15) is 9.59 Å². The molecule has 0 radical (unpaired) electrons. The molecule has 1 saturated carbocycles. The lowest BCUT2D eigenvalue weighted by molar-refractivity contribution is -0.119. The zero-order chi connectivity index (χ0) is 25.5. The Balaban J connectivity index is 1.40. The van der Waals surface area contributed by atoms with E-state index in [-0.39, 0.29) is 30.4 Å². The summed E-state index contributed by atoms with van der Waals surface area (Å²) >= 11 is 3.46. The lowest BCUT2D eigenvalue weighted by atomic mass is 9.97. The van der Waals surface area contributed by atoms with Crippen molar-refractivity contribution in [2.75, 3.05) is 18.6 Å². The topological polar surface area (TPSA) is 54.8 Å². The summed E-state index contributed by atoms with van der Waals surface area (Å²) in [4.78, 5) is 31.4. The second-order valence-corrected chi connectivity index (χ2v) is 10.3. The number of carbonyl (C=O) groups is 2. The second-order valence-electron chi connectivity index (χ2n) is 9.41. The molecule has 1 fully saturated rings. The van der Waals surface area contributed by atoms with Gasteiger partial charge in [0.05, 0.1) is 24.2 Å². The van der Waals surface area contributed by atoms with Crippen molar-refractivity contribution in [1.82, 2.24) is 9.47 Å². The third-order valence-electron chi connectivity index (χ3n) is 7.05. The Morgan fingerprint density at radius 2 is 1.70 bits per heavy atom. The Bertz CT molecular complexity index is 1480. The highest BCUT2D eigenvalue weighted by molar-refractivity contribution is 9.10. The molecule has 186 valence electrons. The molecule has 2 amide bonds. The molecule has 2 aliphatic rings. The third kappa shape index (κ3) is 4.33. The number of methoxy groups -OCH3 is 1. The highest BCUT2D eigenvalue weighted by Crippen LogP contribution is 2.43. The largest absolute Gasteiger partial charge is 0.497 e. The first kappa shape index (κ1) is 23.6. The van der Waals surface area contributed by atoms with Gasteiger partial charge in [-0.25, -0.2) is 0 Å². The van der Waals surface area contributed by atoms with Gasteiger partial charge >= 0.3 is 0 Å². The molecule has 4 aromatic rings. The summed E-state index contributed by atoms with van der Waals surface area (Å²) in [6, 6.07) is 26.9. The van der Waals surface area contributed by atoms with Gasteiger partial charge in [0.25, 0.3) is 5.91 Å². The van der Waals surface area contributed by atoms with Gasteiger partial charge in [-0.05, 0) is 73.0 Å². The molecule has 6 nitrogen and oxygen atoms in total. The van der Waals surface area contributed by atoms with Crippen molar-refractivity contribution < 1.29 is 14.3 Å². The molecule has 1 aliphatic heterocycles. The number of nitrogens with zero attached hydrogens (tertiary/aromatic N) is 3. The highest BCUT2D eigenvalue weighted by Gasteiger charge is 2.40. The standard InChI is InChI=1S/C30H26BrN3O3/c1-37-24-15-11-20(12-16-24)29-27-10-5-17-32(27)25-8-2-3-9-26(25)34(29)28(35)19-33(23-13-14-23)30(36)21-6-4-7-22(31)18-21/h2-12,15-18,23,29H,13-14,19H2,1H3. The molecule has 37 heavy (non-hydrogen) atoms. The smallest absolute Gasteiger partial charge is 0.254 e. The molecule has 1 aliphatic carbocycles. The van der Waals surface area contributed by atoms with Crippen LogP contribution in [0.2, 0.25) is 0 Å². The van der Waals surface area contributed by atoms with E-state index in [0.717, 1.165) is 45.7 Å². The number of hydrogen-bond acceptors (Lipinski definition) is 3. The van der Waals surface area contributed by atoms with Gasteiger partial charge in [-0.15, -0.1) is 0 Å². The molecule has 2 heterocycles. The average molecular weight is 556 g/mol. The van der Waals surface area contributed by atoms with Crippen LogP contribution in [0, 0.1) is 0 Å². The van der Waals surface area contributed by atoms with Crippen LogP contribution >= 0.6 is 15.9 Å². The third-order valence-corrected chi connectivity index (χ3v) is 7.54. The van der Waals surface area contributed by atoms with E-state index in [1.165, 1.54) is 0 Å². The summed E-state index contributed by atoms with van der Waals surface area (Å²) < 4.78 is 8.35. The molecule has 1 aromatic heterocycles. The Kier molecular flexibility index (Phi) is 6.08. The first-order valence-electron chi connectivity index (χ1n) is 12.3. The van der Waals surface area contributed by atoms with Gasteiger partial charge in [0.1, 0.15) is 18.3 Å². The Morgan fingerprint density at radius 1 is 0.946 bits per heavy atom. The zero-order valence-corrected chi connectivity index (χ0v) is 22.0. The number of fused-ring (bicyclic) bond motifs is 3. The number of ether oxygens (including phenoxy) is 1. The van der Waals surface area contributed by atoms with E-state index < -0.39 is 0 Å². The Hall–Kier alpha value is -3.84. The molecular weight excluding hydrogens is 530 g/mol. The number of anilines is 1. The average Bonchev–Trinajstić information content (AvgIpc) is 3.65. The molecule has 7 heteroatoms. The number of hydrogen-bond donors (Lipinski definition) is 0. The monoisotopic (exact) mass is 555 g/mol. The molecule has 0 bridgehead atoms. The molecule has 3 aromatic carbocycles. The molecule has 0 N–H and O–H groups in total. The summed E-state index contributed by atoms with van der Waals surface area (Å²) in [6.07, 6.45) is 3.85. The zero-order valence-electron chi connectivity index (χ0n) is 20.4. The molecule has 0 spiro atoms. The lowest BCUT2D eigenvalue weighted by Crippen LogP contribution is -2.47. The molecule has 1 atom stereocenters. The van der Waals surface area contributed by atoms with Gasteiger partial charge in [0.2, 0.25) is 5.91 Å². The molecular formula is C30H26BrN3O3. The van der Waals surface area contributed by atoms with Crippen LogP contribution in [-0.2, 0) is 4.79 Å². The maximum atomic E-state index is 14.2. The quantitative estimate of drug-likeness (QED) is 0.293. The highest BCUT2D eigenvalue weighted by atomic mass is 79.9. The van der Waals surface area contributed by atoms with E-state index in [4.69, 9.17) is 4.74 Å². The van der Waals surface area contributed by atoms with Crippen molar-refractivity contribution in [3.63, 3.8) is 0 Å². The summed E-state index contributed by atoms with van der Waals surface area (Å²) in [5.74, 6) is 0.524. The summed E-state index contributed by atoms with van der Waals surface area (Å²) in [7, 11) is 1.64. The molecule has 1 unspecified atom stereocenters. The first-order chi connectivity index (χ1) is 18.0. The maximum Gasteiger partial charge on any atom is 0.254 e. The second kappa shape index (κ2) is 9.56. The van der Waals surface area contributed by atoms with Crippen LogP contribution in [0.5, 0.6) is 5.75 Å². The van der Waals surface area contributed by atoms with Crippen LogP contribution in [0.3, 0.4) is 0 Å². The van der Waals surface area contributed by atoms with E-state index in [0.29, 0.717) is 5.56 Å². The summed E-state index contributed by atoms with van der Waals surface area (Å²) in [5, 5.41) is 0. The number of halogens is 1. The number of amides is 2. The van der Waals surface area contributed by atoms with Crippen molar-refractivity contribution >= 4 is 33.4 Å². The van der Waals surface area contributed by atoms with Gasteiger partial charge in [-0.1, -0.05) is 46.3 Å². The van der Waals surface area contributed by atoms with Crippen LogP contribution in [-0.4, -0.2) is 41.0 Å². The van der Waals surface area contributed by atoms with Crippen molar-refractivity contribution in [2.24, 2.45) is 0 Å². The van der Waals surface area contributed by atoms with Gasteiger partial charge < -0.3 is 14.2 Å². The number of para-hydroxylation sites is 2. The first-order valence-corrected chi connectivity index (χ1v) is 13.1. The van der Waals surface area contributed by atoms with Gasteiger partial charge in [0.15, 0.2) is 0 Å². The predicted molar refractivity (Wildman–Crippen MR) is 146 cm³/mol. The minimum atomic E-state index is -0.342. The Morgan fingerprint density at radius 3 is 2.41 bits per heavy atom. The van der Waals surface area contributed by atoms with E-state index >= 15 is 0 Å². The van der Waals surface area contributed by atoms with Crippen LogP contribution in [0.25, 0.3) is 5.69 Å². The predicted octanol–water partition coefficient (Wildman–Crippen LogP) is 5.99. The van der Waals surface area contributed by atoms with Crippen molar-refractivity contribution in [1.29, 1.82) is 0 Å². The van der Waals surface area contributed by atoms with Gasteiger partial charge in [0, 0.05) is 22.3 Å². The van der Waals surface area contributed by atoms with Gasteiger partial charge in [-0.2, -0.15) is 0 Å². The SMILES string of the molecule is COc1ccc(C2c3cccn3-c3ccccc3N2C(=O)CN(C(=O)c2cccc(Br)c2)C2CC2)cc1. The van der Waals surface area contributed by atoms with Gasteiger partial charge in [-0.3, -0.25) is 14.5 Å². The van der Waals surface area contributed by atoms with E-state index in [1.807, 2.05) is 83.9 Å². The summed E-state index contributed by atoms with van der Waals surface area (Å²) in [5.41, 5.74) is 4.31. The van der Waals surface area contributed by atoms with Crippen molar-refractivity contribution in [3.05, 3.63) is 112 Å². The van der Waals surface area contributed by atoms with Crippen LogP contribution in [0.4, 0.5) is 5.69 Å². The van der Waals surface area contributed by atoms with Crippen LogP contribution < -0.4 is 9.64 Å². The van der Waals surface area contributed by atoms with Crippen molar-refractivity contribution in [2.45, 2.75) is 24.9 Å². The fourth-order valence-electron chi connectivity index (χ4n) is 5.13. The number of benzene rings is 3. The number of aromatic nitrogens is 1. The Labute approximate surface area is 224 Å². The normalized spacial score (nSPS) is 16.1. The van der Waals surface area contributed by atoms with Crippen LogP contribution in [0.1, 0.15) is 40.5 Å². The van der Waals surface area contributed by atoms with E-state index in [2.05, 4.69) is 26.6 Å². The number of rotatable bonds is 6. The van der Waals surface area contributed by atoms with Crippen LogP contribution in [0.15, 0.2) is 95.6 Å². The fourth-order valence-corrected chi connectivity index (χ4v) is 5.53. The van der Waals surface area contributed by atoms with Crippen molar-refractivity contribution in [3.8, 4) is 11.4 Å². The minimum Gasteiger partial charge on any atom is -0.497 e. The fraction of sp³-hybridized carbons (Fsp3) is 0.200.